The van der Waals surface area contributed by atoms with E-state index in [9.17, 15) is 0 Å². The van der Waals surface area contributed by atoms with E-state index < -0.39 is 0 Å². The molecule has 1 N–H and O–H groups in total. The van der Waals surface area contributed by atoms with Gasteiger partial charge in [-0.1, -0.05) is 6.92 Å². The van der Waals surface area contributed by atoms with E-state index in [1.807, 2.05) is 17.9 Å². The highest BCUT2D eigenvalue weighted by Crippen LogP contribution is 2.15. The molecule has 0 amide bonds. The van der Waals surface area contributed by atoms with Crippen LogP contribution in [-0.2, 0) is 13.5 Å². The van der Waals surface area contributed by atoms with Crippen molar-refractivity contribution in [2.24, 2.45) is 18.0 Å². The minimum Gasteiger partial charge on any atom is -0.357 e. The minimum absolute atomic E-state index is 0. The molecule has 1 unspecified atom stereocenters. The SMILES string of the molecule is CCNC(=NCCc1cnn(C)c1)N1CCCC(C)C1.I. The Morgan fingerprint density at radius 2 is 2.33 bits per heavy atom. The zero-order valence-electron chi connectivity index (χ0n) is 13.4. The van der Waals surface area contributed by atoms with Crippen molar-refractivity contribution in [2.75, 3.05) is 26.2 Å². The Balaban J connectivity index is 0.00000220. The van der Waals surface area contributed by atoms with Gasteiger partial charge in [0.1, 0.15) is 0 Å². The molecule has 1 aliphatic rings. The maximum atomic E-state index is 4.77. The van der Waals surface area contributed by atoms with Gasteiger partial charge in [-0.15, -0.1) is 24.0 Å². The number of aryl methyl sites for hydroxylation is 1. The Labute approximate surface area is 145 Å². The maximum Gasteiger partial charge on any atom is 0.193 e. The lowest BCUT2D eigenvalue weighted by Gasteiger charge is -2.33. The van der Waals surface area contributed by atoms with Crippen molar-refractivity contribution in [2.45, 2.75) is 33.1 Å². The Morgan fingerprint density at radius 3 is 2.95 bits per heavy atom. The normalized spacial score (nSPS) is 19.3. The zero-order chi connectivity index (χ0) is 14.4. The largest absolute Gasteiger partial charge is 0.357 e. The van der Waals surface area contributed by atoms with E-state index in [0.29, 0.717) is 0 Å². The number of aliphatic imine (C=N–C) groups is 1. The highest BCUT2D eigenvalue weighted by atomic mass is 127. The van der Waals surface area contributed by atoms with Crippen LogP contribution in [0.1, 0.15) is 32.3 Å². The Morgan fingerprint density at radius 1 is 1.52 bits per heavy atom. The first-order valence-corrected chi connectivity index (χ1v) is 7.69. The third-order valence-corrected chi connectivity index (χ3v) is 3.71. The van der Waals surface area contributed by atoms with E-state index in [1.165, 1.54) is 18.4 Å². The lowest BCUT2D eigenvalue weighted by Crippen LogP contribution is -2.46. The van der Waals surface area contributed by atoms with Crippen molar-refractivity contribution in [1.29, 1.82) is 0 Å². The predicted octanol–water partition coefficient (Wildman–Crippen LogP) is 2.28. The summed E-state index contributed by atoms with van der Waals surface area (Å²) in [7, 11) is 1.95. The molecular formula is C15H28IN5. The smallest absolute Gasteiger partial charge is 0.193 e. The number of aromatic nitrogens is 2. The molecule has 0 spiro atoms. The number of halogens is 1. The number of nitrogens with one attached hydrogen (secondary N) is 1. The molecule has 120 valence electrons. The summed E-state index contributed by atoms with van der Waals surface area (Å²) in [5.41, 5.74) is 1.25. The summed E-state index contributed by atoms with van der Waals surface area (Å²) in [5, 5.41) is 7.61. The van der Waals surface area contributed by atoms with Crippen LogP contribution in [0.5, 0.6) is 0 Å². The van der Waals surface area contributed by atoms with E-state index in [4.69, 9.17) is 4.99 Å². The summed E-state index contributed by atoms with van der Waals surface area (Å²) in [5.74, 6) is 1.84. The van der Waals surface area contributed by atoms with Gasteiger partial charge in [0.05, 0.1) is 6.20 Å². The van der Waals surface area contributed by atoms with Crippen LogP contribution >= 0.6 is 24.0 Å². The first-order chi connectivity index (χ1) is 9.69. The standard InChI is InChI=1S/C15H27N5.HI/c1-4-16-15(20-9-5-6-13(2)11-20)17-8-7-14-10-18-19(3)12-14;/h10,12-13H,4-9,11H2,1-3H3,(H,16,17);1H. The number of hydrogen-bond acceptors (Lipinski definition) is 2. The molecule has 1 aromatic rings. The fourth-order valence-electron chi connectivity index (χ4n) is 2.70. The number of hydrogen-bond donors (Lipinski definition) is 1. The molecule has 1 atom stereocenters. The average Bonchev–Trinajstić information content (AvgIpc) is 2.83. The van der Waals surface area contributed by atoms with E-state index >= 15 is 0 Å². The number of likely N-dealkylation sites (tertiary alicyclic amines) is 1. The van der Waals surface area contributed by atoms with Crippen molar-refractivity contribution >= 4 is 29.9 Å². The molecule has 0 aliphatic carbocycles. The highest BCUT2D eigenvalue weighted by molar-refractivity contribution is 14.0. The van der Waals surface area contributed by atoms with E-state index in [2.05, 4.69) is 35.4 Å². The van der Waals surface area contributed by atoms with Crippen LogP contribution in [0.25, 0.3) is 0 Å². The molecule has 5 nitrogen and oxygen atoms in total. The lowest BCUT2D eigenvalue weighted by atomic mass is 10.0. The van der Waals surface area contributed by atoms with Crippen LogP contribution < -0.4 is 5.32 Å². The molecular weight excluding hydrogens is 377 g/mol. The predicted molar refractivity (Wildman–Crippen MR) is 98.3 cm³/mol. The van der Waals surface area contributed by atoms with Crippen LogP contribution in [-0.4, -0.2) is 46.8 Å². The topological polar surface area (TPSA) is 45.5 Å². The van der Waals surface area contributed by atoms with E-state index in [1.54, 1.807) is 0 Å². The summed E-state index contributed by atoms with van der Waals surface area (Å²) < 4.78 is 1.84. The second-order valence-corrected chi connectivity index (χ2v) is 5.70. The summed E-state index contributed by atoms with van der Waals surface area (Å²) >= 11 is 0. The second-order valence-electron chi connectivity index (χ2n) is 5.70. The average molecular weight is 405 g/mol. The zero-order valence-corrected chi connectivity index (χ0v) is 15.7. The Hall–Kier alpha value is -0.790. The molecule has 0 aromatic carbocycles. The summed E-state index contributed by atoms with van der Waals surface area (Å²) in [6, 6.07) is 0. The molecule has 0 radical (unpaired) electrons. The fourth-order valence-corrected chi connectivity index (χ4v) is 2.70. The van der Waals surface area contributed by atoms with Crippen molar-refractivity contribution in [3.8, 4) is 0 Å². The maximum absolute atomic E-state index is 4.77. The Bertz CT molecular complexity index is 443. The summed E-state index contributed by atoms with van der Waals surface area (Å²) in [6.45, 7) is 8.45. The van der Waals surface area contributed by atoms with Crippen LogP contribution in [0.2, 0.25) is 0 Å². The monoisotopic (exact) mass is 405 g/mol. The van der Waals surface area contributed by atoms with Gasteiger partial charge in [-0.2, -0.15) is 5.10 Å². The first kappa shape index (κ1) is 18.3. The molecule has 1 aliphatic heterocycles. The molecule has 0 saturated carbocycles. The van der Waals surface area contributed by atoms with Crippen LogP contribution in [0.15, 0.2) is 17.4 Å². The second kappa shape index (κ2) is 9.27. The fraction of sp³-hybridized carbons (Fsp3) is 0.733. The van der Waals surface area contributed by atoms with Gasteiger partial charge in [-0.3, -0.25) is 9.67 Å². The number of guanidine groups is 1. The molecule has 6 heteroatoms. The number of nitrogens with zero attached hydrogens (tertiary/aromatic N) is 4. The molecule has 0 bridgehead atoms. The van der Waals surface area contributed by atoms with Gasteiger partial charge in [-0.05, 0) is 37.7 Å². The molecule has 21 heavy (non-hydrogen) atoms. The molecule has 1 saturated heterocycles. The van der Waals surface area contributed by atoms with Crippen LogP contribution in [0, 0.1) is 5.92 Å². The van der Waals surface area contributed by atoms with Crippen molar-refractivity contribution in [3.05, 3.63) is 18.0 Å². The van der Waals surface area contributed by atoms with Gasteiger partial charge < -0.3 is 10.2 Å². The van der Waals surface area contributed by atoms with Gasteiger partial charge in [0.15, 0.2) is 5.96 Å². The summed E-state index contributed by atoms with van der Waals surface area (Å²) in [4.78, 5) is 7.17. The highest BCUT2D eigenvalue weighted by Gasteiger charge is 2.18. The van der Waals surface area contributed by atoms with Crippen molar-refractivity contribution in [3.63, 3.8) is 0 Å². The Kier molecular flexibility index (Phi) is 8.06. The van der Waals surface area contributed by atoms with E-state index in [0.717, 1.165) is 44.5 Å². The van der Waals surface area contributed by atoms with Gasteiger partial charge in [-0.25, -0.2) is 0 Å². The quantitative estimate of drug-likeness (QED) is 0.475. The van der Waals surface area contributed by atoms with Crippen LogP contribution in [0.4, 0.5) is 0 Å². The number of rotatable bonds is 4. The van der Waals surface area contributed by atoms with E-state index in [-0.39, 0.29) is 24.0 Å². The number of piperidine rings is 1. The van der Waals surface area contributed by atoms with Gasteiger partial charge in [0.2, 0.25) is 0 Å². The van der Waals surface area contributed by atoms with Gasteiger partial charge in [0, 0.05) is 39.4 Å². The van der Waals surface area contributed by atoms with Crippen LogP contribution in [0.3, 0.4) is 0 Å². The molecule has 2 heterocycles. The lowest BCUT2D eigenvalue weighted by molar-refractivity contribution is 0.266. The van der Waals surface area contributed by atoms with Crippen molar-refractivity contribution in [1.82, 2.24) is 20.0 Å². The third-order valence-electron chi connectivity index (χ3n) is 3.71. The molecule has 2 rings (SSSR count). The first-order valence-electron chi connectivity index (χ1n) is 7.69. The minimum atomic E-state index is 0. The molecule has 1 aromatic heterocycles. The van der Waals surface area contributed by atoms with Gasteiger partial charge >= 0.3 is 0 Å². The van der Waals surface area contributed by atoms with Crippen molar-refractivity contribution < 1.29 is 0 Å². The van der Waals surface area contributed by atoms with Gasteiger partial charge in [0.25, 0.3) is 0 Å². The summed E-state index contributed by atoms with van der Waals surface area (Å²) in [6.07, 6.45) is 7.54. The molecule has 1 fully saturated rings. The third kappa shape index (κ3) is 5.84.